The second kappa shape index (κ2) is 8.18. The normalized spacial score (nSPS) is 14.8. The zero-order chi connectivity index (χ0) is 9.90. The number of rotatable bonds is 4. The van der Waals surface area contributed by atoms with Crippen LogP contribution in [0.4, 0.5) is 0 Å². The third-order valence-electron chi connectivity index (χ3n) is 2.07. The van der Waals surface area contributed by atoms with Gasteiger partial charge in [0, 0.05) is 0 Å². The van der Waals surface area contributed by atoms with Crippen molar-refractivity contribution >= 4 is 33.6 Å². The van der Waals surface area contributed by atoms with E-state index in [1.807, 2.05) is 0 Å². The summed E-state index contributed by atoms with van der Waals surface area (Å²) in [6, 6.07) is 0. The maximum atomic E-state index is 5.39. The third-order valence-corrected chi connectivity index (χ3v) is 6.59. The van der Waals surface area contributed by atoms with Crippen LogP contribution in [-0.2, 0) is 38.0 Å². The van der Waals surface area contributed by atoms with Crippen LogP contribution < -0.4 is 0 Å². The SMILES string of the molecule is CO[Si](OC)(OC)C1=[C]([Zr])CC=C1.Cl.Cl. The minimum absolute atomic E-state index is 0. The van der Waals surface area contributed by atoms with Crippen LogP contribution in [0, 0.1) is 0 Å². The Morgan fingerprint density at radius 2 is 1.60 bits per heavy atom. The minimum Gasteiger partial charge on any atom is -0.147 e. The molecule has 1 rings (SSSR count). The Balaban J connectivity index is 0. The van der Waals surface area contributed by atoms with E-state index in [1.165, 1.54) is 28.0 Å². The zero-order valence-corrected chi connectivity index (χ0v) is 14.0. The Kier molecular flexibility index (Phi) is 10.0. The van der Waals surface area contributed by atoms with Crippen LogP contribution in [0.3, 0.4) is 0 Å². The Morgan fingerprint density at radius 1 is 1.13 bits per heavy atom. The quantitative estimate of drug-likeness (QED) is 0.727. The minimum atomic E-state index is -2.53. The van der Waals surface area contributed by atoms with Gasteiger partial charge in [0.15, 0.2) is 0 Å². The van der Waals surface area contributed by atoms with Crippen molar-refractivity contribution in [3.63, 3.8) is 0 Å². The van der Waals surface area contributed by atoms with E-state index in [0.29, 0.717) is 0 Å². The summed E-state index contributed by atoms with van der Waals surface area (Å²) in [7, 11) is 2.39. The van der Waals surface area contributed by atoms with Crippen molar-refractivity contribution in [1.29, 1.82) is 0 Å². The van der Waals surface area contributed by atoms with Gasteiger partial charge < -0.3 is 0 Å². The Labute approximate surface area is 119 Å². The first-order valence-electron chi connectivity index (χ1n) is 3.97. The summed E-state index contributed by atoms with van der Waals surface area (Å²) >= 11 is 1.41. The monoisotopic (exact) mass is 347 g/mol. The van der Waals surface area contributed by atoms with Crippen molar-refractivity contribution in [2.75, 3.05) is 21.3 Å². The molecule has 0 aromatic carbocycles. The van der Waals surface area contributed by atoms with E-state index in [1.54, 1.807) is 21.3 Å². The second-order valence-corrected chi connectivity index (χ2v) is 7.03. The molecule has 0 spiro atoms. The van der Waals surface area contributed by atoms with Crippen molar-refractivity contribution in [2.45, 2.75) is 6.42 Å². The van der Waals surface area contributed by atoms with Gasteiger partial charge in [-0.15, -0.1) is 24.8 Å². The van der Waals surface area contributed by atoms with Gasteiger partial charge in [0.05, 0.1) is 0 Å². The smallest absolute Gasteiger partial charge is 0.147 e. The summed E-state index contributed by atoms with van der Waals surface area (Å²) < 4.78 is 17.5. The Bertz CT molecular complexity index is 246. The fraction of sp³-hybridized carbons (Fsp3) is 0.500. The predicted molar refractivity (Wildman–Crippen MR) is 62.1 cm³/mol. The zero-order valence-electron chi connectivity index (χ0n) is 8.90. The topological polar surface area (TPSA) is 27.7 Å². The van der Waals surface area contributed by atoms with Crippen molar-refractivity contribution in [3.8, 4) is 0 Å². The van der Waals surface area contributed by atoms with Crippen molar-refractivity contribution < 1.29 is 38.0 Å². The summed E-state index contributed by atoms with van der Waals surface area (Å²) in [6.07, 6.45) is 5.20. The second-order valence-electron chi connectivity index (χ2n) is 2.67. The molecule has 1 aliphatic carbocycles. The first-order chi connectivity index (χ1) is 6.20. The number of allylic oxidation sites excluding steroid dienone is 4. The molecular weight excluding hydrogens is 334 g/mol. The van der Waals surface area contributed by atoms with Gasteiger partial charge in [0.2, 0.25) is 0 Å². The van der Waals surface area contributed by atoms with E-state index in [9.17, 15) is 0 Å². The van der Waals surface area contributed by atoms with Gasteiger partial charge >= 0.3 is 95.2 Å². The summed E-state index contributed by atoms with van der Waals surface area (Å²) in [5.41, 5.74) is 0. The predicted octanol–water partition coefficient (Wildman–Crippen LogP) is 2.01. The molecule has 0 atom stereocenters. The summed E-state index contributed by atoms with van der Waals surface area (Å²) in [6.45, 7) is 0. The van der Waals surface area contributed by atoms with E-state index < -0.39 is 8.80 Å². The molecule has 7 heteroatoms. The molecule has 0 aliphatic heterocycles. The maximum absolute atomic E-state index is 5.39. The van der Waals surface area contributed by atoms with E-state index in [2.05, 4.69) is 12.2 Å². The van der Waals surface area contributed by atoms with Gasteiger partial charge in [-0.2, -0.15) is 0 Å². The molecule has 0 N–H and O–H groups in total. The molecule has 0 saturated heterocycles. The summed E-state index contributed by atoms with van der Waals surface area (Å²) in [4.78, 5) is 0. The molecule has 0 heterocycles. The van der Waals surface area contributed by atoms with Crippen LogP contribution in [0.25, 0.3) is 0 Å². The van der Waals surface area contributed by atoms with E-state index in [-0.39, 0.29) is 24.8 Å². The molecule has 0 radical (unpaired) electrons. The molecule has 0 fully saturated rings. The van der Waals surface area contributed by atoms with Crippen LogP contribution in [0.2, 0.25) is 0 Å². The maximum Gasteiger partial charge on any atom is -0.147 e. The molecule has 0 amide bonds. The number of hydrogen-bond donors (Lipinski definition) is 0. The first-order valence-corrected chi connectivity index (χ1v) is 6.92. The van der Waals surface area contributed by atoms with E-state index in [0.717, 1.165) is 11.6 Å². The van der Waals surface area contributed by atoms with Gasteiger partial charge in [-0.05, 0) is 0 Å². The fourth-order valence-corrected chi connectivity index (χ4v) is 4.95. The van der Waals surface area contributed by atoms with Gasteiger partial charge in [0.25, 0.3) is 0 Å². The van der Waals surface area contributed by atoms with Crippen LogP contribution in [0.15, 0.2) is 20.6 Å². The van der Waals surface area contributed by atoms with Crippen molar-refractivity contribution in [2.24, 2.45) is 0 Å². The van der Waals surface area contributed by atoms with Crippen molar-refractivity contribution in [3.05, 3.63) is 20.6 Å². The summed E-state index contributed by atoms with van der Waals surface area (Å²) in [5.74, 6) is 0. The molecule has 0 unspecified atom stereocenters. The number of hydrogen-bond acceptors (Lipinski definition) is 3. The Hall–Kier alpha value is 1.04. The molecule has 1 aliphatic rings. The molecule has 0 saturated carbocycles. The van der Waals surface area contributed by atoms with Gasteiger partial charge in [-0.25, -0.2) is 0 Å². The standard InChI is InChI=1S/C8H13O3Si.2ClH.Zr/c1-9-12(10-2,11-3)8-6-4-5-7-8;;;/h4,6H,5H2,1-3H3;2*1H;. The number of halogens is 2. The average Bonchev–Trinajstić information content (AvgIpc) is 2.57. The van der Waals surface area contributed by atoms with E-state index >= 15 is 0 Å². The van der Waals surface area contributed by atoms with E-state index in [4.69, 9.17) is 13.3 Å². The largest absolute Gasteiger partial charge is 0.147 e. The van der Waals surface area contributed by atoms with Gasteiger partial charge in [-0.3, -0.25) is 0 Å². The summed E-state index contributed by atoms with van der Waals surface area (Å²) in [5, 5.41) is 1.14. The van der Waals surface area contributed by atoms with Crippen LogP contribution >= 0.6 is 24.8 Å². The van der Waals surface area contributed by atoms with Crippen LogP contribution in [0.1, 0.15) is 6.42 Å². The van der Waals surface area contributed by atoms with Gasteiger partial charge in [0.1, 0.15) is 0 Å². The first kappa shape index (κ1) is 18.4. The molecule has 0 aromatic rings. The third kappa shape index (κ3) is 3.77. The molecule has 87 valence electrons. The average molecular weight is 349 g/mol. The molecule has 0 bridgehead atoms. The molecule has 3 nitrogen and oxygen atoms in total. The molecular formula is C8H15Cl2O3SiZr. The van der Waals surface area contributed by atoms with Crippen molar-refractivity contribution in [1.82, 2.24) is 0 Å². The van der Waals surface area contributed by atoms with Crippen LogP contribution in [-0.4, -0.2) is 30.1 Å². The Morgan fingerprint density at radius 3 is 1.87 bits per heavy atom. The molecule has 15 heavy (non-hydrogen) atoms. The fourth-order valence-electron chi connectivity index (χ4n) is 1.37. The molecule has 0 aromatic heterocycles. The van der Waals surface area contributed by atoms with Gasteiger partial charge in [-0.1, -0.05) is 0 Å². The van der Waals surface area contributed by atoms with Crippen LogP contribution in [0.5, 0.6) is 0 Å².